The van der Waals surface area contributed by atoms with Gasteiger partial charge in [0.1, 0.15) is 0 Å². The summed E-state index contributed by atoms with van der Waals surface area (Å²) in [6.45, 7) is 3.69. The third kappa shape index (κ3) is 5.28. The second-order valence-electron chi connectivity index (χ2n) is 5.29. The van der Waals surface area contributed by atoms with Crippen LogP contribution in [0.2, 0.25) is 0 Å². The normalized spacial score (nSPS) is 14.3. The van der Waals surface area contributed by atoms with Gasteiger partial charge in [-0.25, -0.2) is 18.2 Å². The number of likely N-dealkylation sites (N-methyl/N-ethyl adjacent to an activating group) is 1. The molecule has 0 saturated carbocycles. The monoisotopic (exact) mass is 344 g/mol. The summed E-state index contributed by atoms with van der Waals surface area (Å²) in [5.41, 5.74) is 0.936. The lowest BCUT2D eigenvalue weighted by atomic mass is 10.1. The van der Waals surface area contributed by atoms with E-state index in [4.69, 9.17) is 4.84 Å². The fourth-order valence-corrected chi connectivity index (χ4v) is 3.30. The quantitative estimate of drug-likeness (QED) is 0.681. The molecule has 0 unspecified atom stereocenters. The first-order valence-corrected chi connectivity index (χ1v) is 8.80. The summed E-state index contributed by atoms with van der Waals surface area (Å²) in [5, 5.41) is 11.0. The van der Waals surface area contributed by atoms with E-state index in [-0.39, 0.29) is 4.90 Å². The van der Waals surface area contributed by atoms with Crippen LogP contribution in [-0.2, 0) is 19.7 Å². The van der Waals surface area contributed by atoms with E-state index in [0.717, 1.165) is 10.6 Å². The van der Waals surface area contributed by atoms with Gasteiger partial charge < -0.3 is 5.11 Å². The van der Waals surface area contributed by atoms with Crippen molar-refractivity contribution in [1.82, 2.24) is 9.79 Å². The number of sulfonamides is 1. The maximum Gasteiger partial charge on any atom is 0.276 e. The number of aliphatic hydroxyl groups excluding tert-OH is 1. The van der Waals surface area contributed by atoms with E-state index >= 15 is 0 Å². The zero-order valence-electron chi connectivity index (χ0n) is 13.8. The van der Waals surface area contributed by atoms with Gasteiger partial charge in [-0.1, -0.05) is 31.0 Å². The molecule has 0 aliphatic carbocycles. The molecule has 1 rings (SSSR count). The van der Waals surface area contributed by atoms with Gasteiger partial charge in [0, 0.05) is 7.05 Å². The summed E-state index contributed by atoms with van der Waals surface area (Å²) in [7, 11) is -1.19. The molecule has 0 bridgehead atoms. The molecule has 0 heterocycles. The SMILES string of the molecule is CCC[C@@H](NS(=O)(=O)c1ccc(C)cc1)[C@H](O)C(=O)N(C)OC. The predicted molar refractivity (Wildman–Crippen MR) is 86.0 cm³/mol. The van der Waals surface area contributed by atoms with E-state index in [2.05, 4.69) is 4.72 Å². The molecule has 0 aromatic heterocycles. The maximum atomic E-state index is 12.4. The number of carbonyl (C=O) groups excluding carboxylic acids is 1. The molecule has 0 radical (unpaired) electrons. The van der Waals surface area contributed by atoms with Gasteiger partial charge in [0.05, 0.1) is 18.0 Å². The van der Waals surface area contributed by atoms with Crippen molar-refractivity contribution < 1.29 is 23.2 Å². The van der Waals surface area contributed by atoms with Crippen LogP contribution >= 0.6 is 0 Å². The summed E-state index contributed by atoms with van der Waals surface area (Å²) >= 11 is 0. The van der Waals surface area contributed by atoms with Crippen LogP contribution in [0, 0.1) is 6.92 Å². The van der Waals surface area contributed by atoms with E-state index in [1.165, 1.54) is 26.3 Å². The summed E-state index contributed by atoms with van der Waals surface area (Å²) in [6.07, 6.45) is -0.613. The second-order valence-corrected chi connectivity index (χ2v) is 7.01. The standard InChI is InChI=1S/C15H24N2O5S/c1-5-6-13(14(18)15(19)17(3)22-4)16-23(20,21)12-9-7-11(2)8-10-12/h7-10,13-14,16,18H,5-6H2,1-4H3/t13-,14+/m1/s1. The van der Waals surface area contributed by atoms with Gasteiger partial charge in [0.15, 0.2) is 6.10 Å². The van der Waals surface area contributed by atoms with Gasteiger partial charge >= 0.3 is 0 Å². The van der Waals surface area contributed by atoms with Crippen LogP contribution < -0.4 is 4.72 Å². The lowest BCUT2D eigenvalue weighted by Crippen LogP contribution is -2.50. The van der Waals surface area contributed by atoms with E-state index in [0.29, 0.717) is 12.8 Å². The van der Waals surface area contributed by atoms with Crippen molar-refractivity contribution in [1.29, 1.82) is 0 Å². The minimum absolute atomic E-state index is 0.0870. The number of amides is 1. The van der Waals surface area contributed by atoms with Crippen molar-refractivity contribution in [3.05, 3.63) is 29.8 Å². The Morgan fingerprint density at radius 2 is 1.91 bits per heavy atom. The number of aliphatic hydroxyl groups is 1. The number of hydrogen-bond donors (Lipinski definition) is 2. The number of nitrogens with one attached hydrogen (secondary N) is 1. The molecule has 0 fully saturated rings. The highest BCUT2D eigenvalue weighted by atomic mass is 32.2. The molecular weight excluding hydrogens is 320 g/mol. The fraction of sp³-hybridized carbons (Fsp3) is 0.533. The molecule has 8 heteroatoms. The zero-order valence-corrected chi connectivity index (χ0v) is 14.6. The number of benzene rings is 1. The third-order valence-electron chi connectivity index (χ3n) is 3.46. The Bertz CT molecular complexity index is 615. The molecule has 0 aliphatic rings. The van der Waals surface area contributed by atoms with Crippen molar-refractivity contribution in [2.24, 2.45) is 0 Å². The lowest BCUT2D eigenvalue weighted by Gasteiger charge is -2.25. The minimum atomic E-state index is -3.83. The lowest BCUT2D eigenvalue weighted by molar-refractivity contribution is -0.179. The van der Waals surface area contributed by atoms with Crippen molar-refractivity contribution >= 4 is 15.9 Å². The van der Waals surface area contributed by atoms with Gasteiger partial charge in [-0.2, -0.15) is 0 Å². The highest BCUT2D eigenvalue weighted by Gasteiger charge is 2.32. The number of aryl methyl sites for hydroxylation is 1. The van der Waals surface area contributed by atoms with Crippen LogP contribution in [0.5, 0.6) is 0 Å². The zero-order chi connectivity index (χ0) is 17.6. The van der Waals surface area contributed by atoms with E-state index in [9.17, 15) is 18.3 Å². The molecule has 2 atom stereocenters. The van der Waals surface area contributed by atoms with Crippen molar-refractivity contribution in [2.75, 3.05) is 14.2 Å². The molecule has 0 saturated heterocycles. The van der Waals surface area contributed by atoms with Crippen molar-refractivity contribution in [2.45, 2.75) is 43.7 Å². The first kappa shape index (κ1) is 19.6. The highest BCUT2D eigenvalue weighted by molar-refractivity contribution is 7.89. The number of hydroxylamine groups is 2. The molecule has 1 aromatic rings. The number of nitrogens with zero attached hydrogens (tertiary/aromatic N) is 1. The molecule has 1 aromatic carbocycles. The number of hydrogen-bond acceptors (Lipinski definition) is 5. The molecule has 23 heavy (non-hydrogen) atoms. The van der Waals surface area contributed by atoms with Crippen LogP contribution in [0.1, 0.15) is 25.3 Å². The van der Waals surface area contributed by atoms with Crippen LogP contribution in [0.3, 0.4) is 0 Å². The van der Waals surface area contributed by atoms with Gasteiger partial charge in [-0.3, -0.25) is 9.63 Å². The van der Waals surface area contributed by atoms with Crippen molar-refractivity contribution in [3.8, 4) is 0 Å². The Balaban J connectivity index is 2.98. The van der Waals surface area contributed by atoms with Crippen LogP contribution in [0.4, 0.5) is 0 Å². The van der Waals surface area contributed by atoms with E-state index < -0.39 is 28.1 Å². The first-order chi connectivity index (χ1) is 10.7. The summed E-state index contributed by atoms with van der Waals surface area (Å²) in [4.78, 5) is 16.8. The Kier molecular flexibility index (Phi) is 7.14. The molecule has 2 N–H and O–H groups in total. The van der Waals surface area contributed by atoms with Gasteiger partial charge in [0.2, 0.25) is 10.0 Å². The number of rotatable bonds is 8. The Labute approximate surface area is 137 Å². The average Bonchev–Trinajstić information content (AvgIpc) is 2.52. The Hall–Kier alpha value is -1.48. The molecule has 7 nitrogen and oxygen atoms in total. The summed E-state index contributed by atoms with van der Waals surface area (Å²) in [6, 6.07) is 5.40. The molecule has 0 spiro atoms. The van der Waals surface area contributed by atoms with Gasteiger partial charge in [-0.15, -0.1) is 0 Å². The van der Waals surface area contributed by atoms with Gasteiger partial charge in [0.25, 0.3) is 5.91 Å². The molecular formula is C15H24N2O5S. The Morgan fingerprint density at radius 1 is 1.35 bits per heavy atom. The van der Waals surface area contributed by atoms with E-state index in [1.807, 2.05) is 13.8 Å². The van der Waals surface area contributed by atoms with Crippen LogP contribution in [-0.4, -0.2) is 50.8 Å². The average molecular weight is 344 g/mol. The molecule has 0 aliphatic heterocycles. The second kappa shape index (κ2) is 8.39. The smallest absolute Gasteiger partial charge is 0.276 e. The predicted octanol–water partition coefficient (Wildman–Crippen LogP) is 0.823. The van der Waals surface area contributed by atoms with Crippen LogP contribution in [0.25, 0.3) is 0 Å². The Morgan fingerprint density at radius 3 is 2.39 bits per heavy atom. The van der Waals surface area contributed by atoms with E-state index in [1.54, 1.807) is 12.1 Å². The number of carbonyl (C=O) groups is 1. The minimum Gasteiger partial charge on any atom is -0.381 e. The largest absolute Gasteiger partial charge is 0.381 e. The van der Waals surface area contributed by atoms with Gasteiger partial charge in [-0.05, 0) is 25.5 Å². The summed E-state index contributed by atoms with van der Waals surface area (Å²) in [5.74, 6) is -0.711. The highest BCUT2D eigenvalue weighted by Crippen LogP contribution is 2.14. The fourth-order valence-electron chi connectivity index (χ4n) is 2.03. The molecule has 1 amide bonds. The maximum absolute atomic E-state index is 12.4. The first-order valence-electron chi connectivity index (χ1n) is 7.31. The van der Waals surface area contributed by atoms with Crippen LogP contribution in [0.15, 0.2) is 29.2 Å². The third-order valence-corrected chi connectivity index (χ3v) is 4.96. The molecule has 130 valence electrons. The topological polar surface area (TPSA) is 95.9 Å². The summed E-state index contributed by atoms with van der Waals surface area (Å²) < 4.78 is 27.2. The van der Waals surface area contributed by atoms with Crippen molar-refractivity contribution in [3.63, 3.8) is 0 Å².